The van der Waals surface area contributed by atoms with Crippen molar-refractivity contribution in [1.29, 1.82) is 0 Å². The maximum absolute atomic E-state index is 13.1. The molecule has 1 unspecified atom stereocenters. The van der Waals surface area contributed by atoms with Gasteiger partial charge in [-0.05, 0) is 5.04 Å². The molecule has 12 heteroatoms. The van der Waals surface area contributed by atoms with Crippen molar-refractivity contribution in [3.63, 3.8) is 0 Å². The van der Waals surface area contributed by atoms with Crippen molar-refractivity contribution in [2.75, 3.05) is 5.73 Å². The minimum atomic E-state index is -2.40. The van der Waals surface area contributed by atoms with Crippen LogP contribution in [0.3, 0.4) is 0 Å². The van der Waals surface area contributed by atoms with Gasteiger partial charge in [-0.3, -0.25) is 14.3 Å². The van der Waals surface area contributed by atoms with E-state index in [0.29, 0.717) is 0 Å². The second-order valence-electron chi connectivity index (χ2n) is 9.56. The molecule has 5 atom stereocenters. The summed E-state index contributed by atoms with van der Waals surface area (Å²) in [5, 5.41) is 32.3. The number of nitrogens with two attached hydrogens (primary N) is 1. The predicted octanol–water partition coefficient (Wildman–Crippen LogP) is -0.318. The lowest BCUT2D eigenvalue weighted by Gasteiger charge is -2.43. The molecule has 0 radical (unpaired) electrons. The summed E-state index contributed by atoms with van der Waals surface area (Å²) in [6, 6.07) is 0. The minimum absolute atomic E-state index is 0.0123. The molecule has 0 aliphatic carbocycles. The third kappa shape index (κ3) is 3.57. The smallest absolute Gasteiger partial charge is 0.333 e. The number of hydrogen-bond acceptors (Lipinski definition) is 8. The van der Waals surface area contributed by atoms with Crippen LogP contribution in [0.25, 0.3) is 11.2 Å². The average molecular weight is 454 g/mol. The predicted molar refractivity (Wildman–Crippen MR) is 118 cm³/mol. The first kappa shape index (κ1) is 23.4. The van der Waals surface area contributed by atoms with Crippen LogP contribution in [0.2, 0.25) is 18.1 Å². The third-order valence-corrected chi connectivity index (χ3v) is 12.3. The van der Waals surface area contributed by atoms with Gasteiger partial charge in [0, 0.05) is 6.54 Å². The standard InChI is InChI=1S/C19H31N5O6Si/c1-7-8-23-9-13(21-17(20)22-14(9)27)24(18(23)29)15-11(26)10(25)12(30-15)16(28)31(5,6)19(2,3)4/h7,10-12,15-16,25-26,28H,1,8H2,2-6H3,(H3,20,21,22,27)/t10-,11+,12-,15+,16?/m0/s1. The van der Waals surface area contributed by atoms with Crippen LogP contribution in [0, 0.1) is 0 Å². The molecule has 3 heterocycles. The van der Waals surface area contributed by atoms with Crippen molar-refractivity contribution >= 4 is 25.2 Å². The average Bonchev–Trinajstić information content (AvgIpc) is 3.08. The number of fused-ring (bicyclic) bond motifs is 1. The van der Waals surface area contributed by atoms with E-state index in [1.54, 1.807) is 0 Å². The van der Waals surface area contributed by atoms with Gasteiger partial charge >= 0.3 is 5.69 Å². The van der Waals surface area contributed by atoms with Crippen molar-refractivity contribution in [1.82, 2.24) is 19.1 Å². The molecule has 11 nitrogen and oxygen atoms in total. The molecule has 31 heavy (non-hydrogen) atoms. The van der Waals surface area contributed by atoms with Gasteiger partial charge in [-0.15, -0.1) is 6.58 Å². The van der Waals surface area contributed by atoms with E-state index in [0.717, 1.165) is 9.13 Å². The van der Waals surface area contributed by atoms with Gasteiger partial charge in [-0.2, -0.15) is 4.98 Å². The number of ether oxygens (including phenoxy) is 1. The number of aromatic nitrogens is 4. The number of hydrogen-bond donors (Lipinski definition) is 5. The van der Waals surface area contributed by atoms with E-state index in [2.05, 4.69) is 16.5 Å². The molecule has 1 saturated heterocycles. The highest BCUT2D eigenvalue weighted by Gasteiger charge is 2.54. The molecule has 0 saturated carbocycles. The third-order valence-electron chi connectivity index (χ3n) is 6.65. The van der Waals surface area contributed by atoms with E-state index >= 15 is 0 Å². The molecular formula is C19H31N5O6Si. The van der Waals surface area contributed by atoms with Crippen LogP contribution in [0.5, 0.6) is 0 Å². The van der Waals surface area contributed by atoms with Gasteiger partial charge in [-0.1, -0.05) is 39.9 Å². The van der Waals surface area contributed by atoms with Crippen molar-refractivity contribution in [2.24, 2.45) is 0 Å². The lowest BCUT2D eigenvalue weighted by Crippen LogP contribution is -2.57. The quantitative estimate of drug-likeness (QED) is 0.303. The summed E-state index contributed by atoms with van der Waals surface area (Å²) < 4.78 is 8.02. The van der Waals surface area contributed by atoms with Gasteiger partial charge in [-0.25, -0.2) is 9.36 Å². The number of nitrogen functional groups attached to an aromatic ring is 1. The van der Waals surface area contributed by atoms with Crippen LogP contribution in [0.4, 0.5) is 5.95 Å². The number of allylic oxidation sites excluding steroid dienone is 1. The fourth-order valence-corrected chi connectivity index (χ4v) is 5.73. The summed E-state index contributed by atoms with van der Waals surface area (Å²) in [7, 11) is -2.40. The maximum Gasteiger partial charge on any atom is 0.333 e. The number of aliphatic hydroxyl groups excluding tert-OH is 3. The zero-order chi connectivity index (χ0) is 23.5. The zero-order valence-electron chi connectivity index (χ0n) is 18.4. The summed E-state index contributed by atoms with van der Waals surface area (Å²) in [5.41, 5.74) is 3.18. The number of nitrogens with one attached hydrogen (secondary N) is 1. The van der Waals surface area contributed by atoms with E-state index < -0.39 is 49.6 Å². The Hall–Kier alpha value is -2.25. The molecule has 0 bridgehead atoms. The molecule has 0 spiro atoms. The molecule has 1 fully saturated rings. The fourth-order valence-electron chi connectivity index (χ4n) is 3.74. The second kappa shape index (κ2) is 7.71. The van der Waals surface area contributed by atoms with Crippen molar-refractivity contribution < 1.29 is 20.1 Å². The number of nitrogens with zero attached hydrogens (tertiary/aromatic N) is 3. The summed E-state index contributed by atoms with van der Waals surface area (Å²) in [4.78, 5) is 32.0. The molecule has 3 rings (SSSR count). The second-order valence-corrected chi connectivity index (χ2v) is 15.1. The van der Waals surface area contributed by atoms with E-state index in [1.165, 1.54) is 6.08 Å². The SMILES string of the molecule is C=CCn1c(=O)n([C@@H]2O[C@H](C(O)[Si](C)(C)C(C)(C)C)[C@@H](O)[C@H]2O)c2nc(N)[nH]c(=O)c21. The Labute approximate surface area is 179 Å². The Kier molecular flexibility index (Phi) is 5.82. The van der Waals surface area contributed by atoms with Crippen LogP contribution in [-0.4, -0.2) is 66.5 Å². The Balaban J connectivity index is 2.14. The highest BCUT2D eigenvalue weighted by molar-refractivity contribution is 6.81. The van der Waals surface area contributed by atoms with Gasteiger partial charge in [0.15, 0.2) is 17.4 Å². The van der Waals surface area contributed by atoms with Gasteiger partial charge in [0.2, 0.25) is 5.95 Å². The maximum atomic E-state index is 13.1. The fraction of sp³-hybridized carbons (Fsp3) is 0.632. The van der Waals surface area contributed by atoms with Gasteiger partial charge < -0.3 is 25.8 Å². The van der Waals surface area contributed by atoms with Crippen LogP contribution in [0.15, 0.2) is 22.2 Å². The van der Waals surface area contributed by atoms with Crippen molar-refractivity contribution in [3.8, 4) is 0 Å². The summed E-state index contributed by atoms with van der Waals surface area (Å²) in [6.45, 7) is 13.6. The molecule has 0 aromatic carbocycles. The lowest BCUT2D eigenvalue weighted by molar-refractivity contribution is -0.0662. The first-order valence-electron chi connectivity index (χ1n) is 10.0. The monoisotopic (exact) mass is 453 g/mol. The molecule has 1 aliphatic heterocycles. The highest BCUT2D eigenvalue weighted by Crippen LogP contribution is 2.42. The normalized spacial score (nSPS) is 25.8. The Morgan fingerprint density at radius 3 is 2.48 bits per heavy atom. The van der Waals surface area contributed by atoms with Gasteiger partial charge in [0.1, 0.15) is 18.3 Å². The first-order valence-corrected chi connectivity index (χ1v) is 13.1. The van der Waals surface area contributed by atoms with Crippen LogP contribution >= 0.6 is 0 Å². The molecule has 1 aliphatic rings. The summed E-state index contributed by atoms with van der Waals surface area (Å²) in [6.07, 6.45) is -4.03. The summed E-state index contributed by atoms with van der Waals surface area (Å²) in [5.74, 6) is -0.215. The lowest BCUT2D eigenvalue weighted by atomic mass is 10.1. The van der Waals surface area contributed by atoms with E-state index in [9.17, 15) is 24.9 Å². The topological polar surface area (TPSA) is 169 Å². The number of aromatic amines is 1. The van der Waals surface area contributed by atoms with Gasteiger partial charge in [0.25, 0.3) is 5.56 Å². The molecule has 2 aromatic rings. The molecular weight excluding hydrogens is 422 g/mol. The Morgan fingerprint density at radius 1 is 1.32 bits per heavy atom. The molecule has 172 valence electrons. The van der Waals surface area contributed by atoms with Crippen LogP contribution in [-0.2, 0) is 11.3 Å². The minimum Gasteiger partial charge on any atom is -0.394 e. The largest absolute Gasteiger partial charge is 0.394 e. The number of H-pyrrole nitrogens is 1. The van der Waals surface area contributed by atoms with Crippen LogP contribution in [0.1, 0.15) is 27.0 Å². The molecule has 6 N–H and O–H groups in total. The molecule has 0 amide bonds. The number of aliphatic hydroxyl groups is 3. The van der Waals surface area contributed by atoms with E-state index in [1.807, 2.05) is 33.9 Å². The highest BCUT2D eigenvalue weighted by atomic mass is 28.3. The summed E-state index contributed by atoms with van der Waals surface area (Å²) >= 11 is 0. The van der Waals surface area contributed by atoms with Gasteiger partial charge in [0.05, 0.1) is 13.8 Å². The Morgan fingerprint density at radius 2 is 1.94 bits per heavy atom. The Bertz CT molecular complexity index is 1110. The van der Waals surface area contributed by atoms with Crippen molar-refractivity contribution in [3.05, 3.63) is 33.5 Å². The van der Waals surface area contributed by atoms with Crippen LogP contribution < -0.4 is 17.0 Å². The van der Waals surface area contributed by atoms with E-state index in [4.69, 9.17) is 10.5 Å². The first-order chi connectivity index (χ1) is 14.2. The van der Waals surface area contributed by atoms with Crippen molar-refractivity contribution in [2.45, 2.75) is 75.7 Å². The number of anilines is 1. The number of rotatable bonds is 5. The van der Waals surface area contributed by atoms with E-state index in [-0.39, 0.29) is 28.7 Å². The number of imidazole rings is 1. The molecule has 2 aromatic heterocycles. The zero-order valence-corrected chi connectivity index (χ0v) is 19.4.